The second-order valence-electron chi connectivity index (χ2n) is 6.12. The maximum absolute atomic E-state index is 13.0. The predicted octanol–water partition coefficient (Wildman–Crippen LogP) is 2.20. The molecule has 0 spiro atoms. The molecule has 3 heterocycles. The van der Waals surface area contributed by atoms with Gasteiger partial charge in [-0.3, -0.25) is 14.9 Å². The molecule has 1 amide bonds. The number of rotatable bonds is 2. The highest BCUT2D eigenvalue weighted by Gasteiger charge is 2.32. The van der Waals surface area contributed by atoms with Gasteiger partial charge in [0.25, 0.3) is 5.91 Å². The minimum Gasteiger partial charge on any atom is -0.327 e. The van der Waals surface area contributed by atoms with E-state index < -0.39 is 0 Å². The molecule has 1 aliphatic heterocycles. The van der Waals surface area contributed by atoms with Crippen molar-refractivity contribution >= 4 is 5.91 Å². The Morgan fingerprint density at radius 3 is 2.48 bits per heavy atom. The molecule has 122 valence electrons. The Morgan fingerprint density at radius 2 is 1.78 bits per heavy atom. The van der Waals surface area contributed by atoms with Gasteiger partial charge in [0.1, 0.15) is 11.5 Å². The van der Waals surface area contributed by atoms with Crippen molar-refractivity contribution in [1.29, 1.82) is 0 Å². The number of carbonyl (C=O) groups is 1. The van der Waals surface area contributed by atoms with Crippen LogP contribution >= 0.6 is 0 Å². The third kappa shape index (κ3) is 2.95. The molecule has 0 saturated carbocycles. The van der Waals surface area contributed by atoms with Crippen LogP contribution in [0.5, 0.6) is 0 Å². The fourth-order valence-electron chi connectivity index (χ4n) is 3.01. The molecule has 1 aliphatic rings. The predicted molar refractivity (Wildman–Crippen MR) is 85.0 cm³/mol. The van der Waals surface area contributed by atoms with Gasteiger partial charge in [-0.15, -0.1) is 0 Å². The molecule has 1 atom stereocenters. The first-order valence-electron chi connectivity index (χ1n) is 7.99. The number of H-pyrrole nitrogens is 1. The molecular formula is C16H22N6O. The van der Waals surface area contributed by atoms with Crippen LogP contribution in [0.4, 0.5) is 0 Å². The number of amides is 1. The fourth-order valence-corrected chi connectivity index (χ4v) is 3.01. The maximum atomic E-state index is 13.0. The number of aryl methyl sites for hydroxylation is 4. The summed E-state index contributed by atoms with van der Waals surface area (Å²) in [5.74, 6) is 1.37. The molecule has 1 saturated heterocycles. The van der Waals surface area contributed by atoms with E-state index in [9.17, 15) is 4.79 Å². The summed E-state index contributed by atoms with van der Waals surface area (Å²) < 4.78 is 0. The van der Waals surface area contributed by atoms with Crippen molar-refractivity contribution < 1.29 is 4.79 Å². The molecule has 0 aliphatic carbocycles. The molecule has 0 radical (unpaired) electrons. The molecule has 0 bridgehead atoms. The second kappa shape index (κ2) is 6.06. The largest absolute Gasteiger partial charge is 0.327 e. The summed E-state index contributed by atoms with van der Waals surface area (Å²) in [6.45, 7) is 8.19. The summed E-state index contributed by atoms with van der Waals surface area (Å²) in [4.78, 5) is 28.2. The summed E-state index contributed by atoms with van der Waals surface area (Å²) in [5.41, 5.74) is 2.76. The minimum absolute atomic E-state index is 0.0785. The SMILES string of the molecule is Cc1nc([C@@H]2CCCCN2C(=O)c2nc(C)c(C)nc2C)n[nH]1. The Morgan fingerprint density at radius 1 is 1.04 bits per heavy atom. The molecule has 7 heteroatoms. The van der Waals surface area contributed by atoms with Crippen molar-refractivity contribution in [1.82, 2.24) is 30.0 Å². The Hall–Kier alpha value is -2.31. The van der Waals surface area contributed by atoms with Gasteiger partial charge in [0.05, 0.1) is 23.1 Å². The summed E-state index contributed by atoms with van der Waals surface area (Å²) in [6, 6.07) is -0.0935. The number of piperidine rings is 1. The zero-order valence-corrected chi connectivity index (χ0v) is 14.1. The van der Waals surface area contributed by atoms with Crippen LogP contribution in [-0.4, -0.2) is 42.5 Å². The third-order valence-electron chi connectivity index (χ3n) is 4.36. The maximum Gasteiger partial charge on any atom is 0.274 e. The van der Waals surface area contributed by atoms with Gasteiger partial charge >= 0.3 is 0 Å². The summed E-state index contributed by atoms with van der Waals surface area (Å²) in [7, 11) is 0. The zero-order chi connectivity index (χ0) is 16.6. The van der Waals surface area contributed by atoms with E-state index in [2.05, 4.69) is 25.1 Å². The van der Waals surface area contributed by atoms with Gasteiger partial charge in [-0.1, -0.05) is 0 Å². The van der Waals surface area contributed by atoms with E-state index in [0.29, 0.717) is 23.8 Å². The van der Waals surface area contributed by atoms with Crippen molar-refractivity contribution in [2.24, 2.45) is 0 Å². The highest BCUT2D eigenvalue weighted by molar-refractivity contribution is 5.93. The first-order chi connectivity index (χ1) is 11.0. The van der Waals surface area contributed by atoms with Crippen LogP contribution in [0, 0.1) is 27.7 Å². The van der Waals surface area contributed by atoms with Crippen molar-refractivity contribution in [3.05, 3.63) is 34.4 Å². The first kappa shape index (κ1) is 15.6. The summed E-state index contributed by atoms with van der Waals surface area (Å²) in [6.07, 6.45) is 2.93. The monoisotopic (exact) mass is 314 g/mol. The average molecular weight is 314 g/mol. The molecule has 23 heavy (non-hydrogen) atoms. The third-order valence-corrected chi connectivity index (χ3v) is 4.36. The van der Waals surface area contributed by atoms with Crippen LogP contribution in [0.1, 0.15) is 64.5 Å². The zero-order valence-electron chi connectivity index (χ0n) is 14.1. The molecule has 2 aromatic rings. The highest BCUT2D eigenvalue weighted by atomic mass is 16.2. The van der Waals surface area contributed by atoms with E-state index in [-0.39, 0.29) is 11.9 Å². The first-order valence-corrected chi connectivity index (χ1v) is 7.99. The van der Waals surface area contributed by atoms with Crippen LogP contribution in [0.15, 0.2) is 0 Å². The van der Waals surface area contributed by atoms with Gasteiger partial charge in [0.15, 0.2) is 5.82 Å². The molecule has 1 N–H and O–H groups in total. The highest BCUT2D eigenvalue weighted by Crippen LogP contribution is 2.30. The van der Waals surface area contributed by atoms with E-state index in [1.165, 1.54) is 0 Å². The quantitative estimate of drug-likeness (QED) is 0.918. The molecular weight excluding hydrogens is 292 g/mol. The smallest absolute Gasteiger partial charge is 0.274 e. The van der Waals surface area contributed by atoms with E-state index in [4.69, 9.17) is 0 Å². The molecule has 0 unspecified atom stereocenters. The molecule has 3 rings (SSSR count). The van der Waals surface area contributed by atoms with Crippen molar-refractivity contribution in [2.45, 2.75) is 53.0 Å². The Bertz CT molecular complexity index is 738. The van der Waals surface area contributed by atoms with Crippen LogP contribution in [0.25, 0.3) is 0 Å². The lowest BCUT2D eigenvalue weighted by molar-refractivity contribution is 0.0592. The van der Waals surface area contributed by atoms with Crippen molar-refractivity contribution in [3.63, 3.8) is 0 Å². The second-order valence-corrected chi connectivity index (χ2v) is 6.12. The lowest BCUT2D eigenvalue weighted by Crippen LogP contribution is -2.40. The number of carbonyl (C=O) groups excluding carboxylic acids is 1. The molecule has 2 aromatic heterocycles. The molecule has 0 aromatic carbocycles. The molecule has 1 fully saturated rings. The van der Waals surface area contributed by atoms with Crippen molar-refractivity contribution in [3.8, 4) is 0 Å². The topological polar surface area (TPSA) is 87.7 Å². The van der Waals surface area contributed by atoms with Gasteiger partial charge in [0, 0.05) is 6.54 Å². The van der Waals surface area contributed by atoms with E-state index >= 15 is 0 Å². The number of nitrogens with one attached hydrogen (secondary N) is 1. The number of hydrogen-bond donors (Lipinski definition) is 1. The van der Waals surface area contributed by atoms with Gasteiger partial charge in [-0.05, 0) is 47.0 Å². The van der Waals surface area contributed by atoms with Gasteiger partial charge in [0.2, 0.25) is 0 Å². The van der Waals surface area contributed by atoms with Crippen molar-refractivity contribution in [2.75, 3.05) is 6.54 Å². The average Bonchev–Trinajstić information content (AvgIpc) is 2.96. The summed E-state index contributed by atoms with van der Waals surface area (Å²) >= 11 is 0. The standard InChI is InChI=1S/C16H22N6O/c1-9-10(2)18-14(11(3)17-9)16(23)22-8-6-5-7-13(22)15-19-12(4)20-21-15/h13H,5-8H2,1-4H3,(H,19,20,21)/t13-/m0/s1. The Kier molecular flexibility index (Phi) is 4.11. The van der Waals surface area contributed by atoms with Crippen LogP contribution in [0.2, 0.25) is 0 Å². The lowest BCUT2D eigenvalue weighted by Gasteiger charge is -2.34. The van der Waals surface area contributed by atoms with Gasteiger partial charge in [-0.25, -0.2) is 9.97 Å². The number of likely N-dealkylation sites (tertiary alicyclic amines) is 1. The number of hydrogen-bond acceptors (Lipinski definition) is 5. The normalized spacial score (nSPS) is 18.3. The van der Waals surface area contributed by atoms with Gasteiger partial charge in [-0.2, -0.15) is 5.10 Å². The van der Waals surface area contributed by atoms with Crippen LogP contribution < -0.4 is 0 Å². The Labute approximate surface area is 135 Å². The number of nitrogens with zero attached hydrogens (tertiary/aromatic N) is 5. The van der Waals surface area contributed by atoms with Crippen LogP contribution in [0.3, 0.4) is 0 Å². The van der Waals surface area contributed by atoms with E-state index in [0.717, 1.165) is 36.5 Å². The molecule has 7 nitrogen and oxygen atoms in total. The lowest BCUT2D eigenvalue weighted by atomic mass is 10.0. The number of aromatic nitrogens is 5. The fraction of sp³-hybridized carbons (Fsp3) is 0.562. The summed E-state index contributed by atoms with van der Waals surface area (Å²) in [5, 5.41) is 7.12. The minimum atomic E-state index is -0.0935. The number of aromatic amines is 1. The van der Waals surface area contributed by atoms with E-state index in [1.54, 1.807) is 0 Å². The van der Waals surface area contributed by atoms with E-state index in [1.807, 2.05) is 32.6 Å². The Balaban J connectivity index is 1.94. The van der Waals surface area contributed by atoms with Crippen LogP contribution in [-0.2, 0) is 0 Å². The van der Waals surface area contributed by atoms with Gasteiger partial charge < -0.3 is 4.90 Å².